The highest BCUT2D eigenvalue weighted by Gasteiger charge is 2.23. The van der Waals surface area contributed by atoms with Gasteiger partial charge in [0.15, 0.2) is 5.69 Å². The lowest BCUT2D eigenvalue weighted by Crippen LogP contribution is -2.43. The molecule has 0 aliphatic heterocycles. The van der Waals surface area contributed by atoms with E-state index in [0.717, 1.165) is 24.8 Å². The first kappa shape index (κ1) is 21.3. The average molecular weight is 394 g/mol. The molecule has 10 heteroatoms. The van der Waals surface area contributed by atoms with E-state index in [4.69, 9.17) is 4.74 Å². The third kappa shape index (κ3) is 5.73. The quantitative estimate of drug-likeness (QED) is 0.311. The Bertz CT molecular complexity index is 716. The molecular formula is C18H26N4O6. The fourth-order valence-corrected chi connectivity index (χ4v) is 3.19. The van der Waals surface area contributed by atoms with Crippen LogP contribution in [0, 0.1) is 5.92 Å². The highest BCUT2D eigenvalue weighted by atomic mass is 16.5. The van der Waals surface area contributed by atoms with Crippen molar-refractivity contribution in [1.29, 1.82) is 0 Å². The molecule has 3 N–H and O–H groups in total. The Morgan fingerprint density at radius 3 is 2.18 bits per heavy atom. The molecule has 28 heavy (non-hydrogen) atoms. The van der Waals surface area contributed by atoms with E-state index in [2.05, 4.69) is 30.1 Å². The van der Waals surface area contributed by atoms with Crippen molar-refractivity contribution in [2.75, 3.05) is 21.3 Å². The lowest BCUT2D eigenvalue weighted by molar-refractivity contribution is 0.0595. The number of carbonyl (C=O) groups is 3. The van der Waals surface area contributed by atoms with Crippen LogP contribution in [0.5, 0.6) is 0 Å². The van der Waals surface area contributed by atoms with Crippen LogP contribution in [0.2, 0.25) is 0 Å². The summed E-state index contributed by atoms with van der Waals surface area (Å²) in [6, 6.07) is 0. The van der Waals surface area contributed by atoms with Crippen LogP contribution in [-0.4, -0.2) is 50.4 Å². The molecule has 1 heterocycles. The van der Waals surface area contributed by atoms with Crippen molar-refractivity contribution in [2.24, 2.45) is 10.9 Å². The predicted molar refractivity (Wildman–Crippen MR) is 101 cm³/mol. The van der Waals surface area contributed by atoms with Crippen molar-refractivity contribution in [1.82, 2.24) is 15.6 Å². The zero-order chi connectivity index (χ0) is 20.5. The minimum Gasteiger partial charge on any atom is -0.464 e. The van der Waals surface area contributed by atoms with Crippen molar-refractivity contribution in [3.63, 3.8) is 0 Å². The van der Waals surface area contributed by atoms with E-state index in [1.807, 2.05) is 0 Å². The summed E-state index contributed by atoms with van der Waals surface area (Å²) in [6.45, 7) is 0. The highest BCUT2D eigenvalue weighted by molar-refractivity contribution is 6.04. The van der Waals surface area contributed by atoms with Gasteiger partial charge < -0.3 is 19.2 Å². The first-order valence-corrected chi connectivity index (χ1v) is 9.05. The molecule has 1 aromatic rings. The van der Waals surface area contributed by atoms with E-state index < -0.39 is 18.2 Å². The summed E-state index contributed by atoms with van der Waals surface area (Å²) in [4.78, 5) is 42.5. The molecule has 2 rings (SSSR count). The van der Waals surface area contributed by atoms with Gasteiger partial charge in [0.25, 0.3) is 0 Å². The molecule has 1 aromatic heterocycles. The third-order valence-electron chi connectivity index (χ3n) is 4.59. The number of hydrogen-bond donors (Lipinski definition) is 3. The molecule has 1 aliphatic rings. The molecule has 0 aromatic carbocycles. The standard InChI is InChI=1S/C18H26N4O6/c1-26-15(23)14-13(12(10-19-14)9-11-7-5-4-6-8-11)20-16(21-17(24)27-2)22-18(25)28-3/h10-11,19H,4-9H2,1-3H3,(H2,20,21,22,24,25). The molecule has 0 radical (unpaired) electrons. The number of nitrogens with one attached hydrogen (secondary N) is 3. The van der Waals surface area contributed by atoms with Crippen LogP contribution in [0.15, 0.2) is 11.2 Å². The monoisotopic (exact) mass is 394 g/mol. The largest absolute Gasteiger partial charge is 0.464 e. The van der Waals surface area contributed by atoms with E-state index in [0.29, 0.717) is 11.6 Å². The molecular weight excluding hydrogens is 368 g/mol. The van der Waals surface area contributed by atoms with Crippen molar-refractivity contribution in [3.8, 4) is 0 Å². The normalized spacial score (nSPS) is 14.0. The minimum atomic E-state index is -0.834. The van der Waals surface area contributed by atoms with E-state index in [9.17, 15) is 14.4 Å². The smallest absolute Gasteiger partial charge is 0.413 e. The topological polar surface area (TPSA) is 131 Å². The average Bonchev–Trinajstić information content (AvgIpc) is 3.09. The SMILES string of the molecule is COC(=O)NC(=Nc1c(CC2CCCCC2)c[nH]c1C(=O)OC)NC(=O)OC. The number of alkyl carbamates (subject to hydrolysis) is 2. The van der Waals surface area contributed by atoms with Gasteiger partial charge in [-0.3, -0.25) is 10.6 Å². The van der Waals surface area contributed by atoms with Crippen LogP contribution >= 0.6 is 0 Å². The van der Waals surface area contributed by atoms with Gasteiger partial charge in [0.2, 0.25) is 5.96 Å². The number of rotatable bonds is 4. The number of hydrogen-bond acceptors (Lipinski definition) is 7. The Kier molecular flexibility index (Phi) is 7.85. The van der Waals surface area contributed by atoms with Gasteiger partial charge in [0.1, 0.15) is 5.69 Å². The number of guanidine groups is 1. The van der Waals surface area contributed by atoms with Crippen LogP contribution in [0.4, 0.5) is 15.3 Å². The van der Waals surface area contributed by atoms with Gasteiger partial charge in [-0.05, 0) is 17.9 Å². The van der Waals surface area contributed by atoms with Gasteiger partial charge in [0.05, 0.1) is 21.3 Å². The van der Waals surface area contributed by atoms with Crippen LogP contribution in [0.3, 0.4) is 0 Å². The van der Waals surface area contributed by atoms with Gasteiger partial charge in [-0.25, -0.2) is 19.4 Å². The summed E-state index contributed by atoms with van der Waals surface area (Å²) in [6.07, 6.45) is 6.55. The second-order valence-corrected chi connectivity index (χ2v) is 6.43. The van der Waals surface area contributed by atoms with Gasteiger partial charge in [-0.15, -0.1) is 0 Å². The number of amides is 2. The number of methoxy groups -OCH3 is 3. The van der Waals surface area contributed by atoms with Crippen molar-refractivity contribution in [3.05, 3.63) is 17.5 Å². The zero-order valence-electron chi connectivity index (χ0n) is 16.3. The second kappa shape index (κ2) is 10.3. The van der Waals surface area contributed by atoms with E-state index >= 15 is 0 Å². The number of H-pyrrole nitrogens is 1. The molecule has 10 nitrogen and oxygen atoms in total. The van der Waals surface area contributed by atoms with E-state index in [-0.39, 0.29) is 11.7 Å². The van der Waals surface area contributed by atoms with Crippen LogP contribution in [0.1, 0.15) is 48.2 Å². The Hall–Kier alpha value is -3.04. The second-order valence-electron chi connectivity index (χ2n) is 6.43. The fourth-order valence-electron chi connectivity index (χ4n) is 3.19. The summed E-state index contributed by atoms with van der Waals surface area (Å²) in [5.41, 5.74) is 1.22. The molecule has 154 valence electrons. The molecule has 0 saturated heterocycles. The number of aliphatic imine (C=N–C) groups is 1. The first-order valence-electron chi connectivity index (χ1n) is 9.05. The zero-order valence-corrected chi connectivity index (χ0v) is 16.3. The predicted octanol–water partition coefficient (Wildman–Crippen LogP) is 2.62. The molecule has 0 bridgehead atoms. The summed E-state index contributed by atoms with van der Waals surface area (Å²) in [5, 5.41) is 4.59. The Morgan fingerprint density at radius 2 is 1.64 bits per heavy atom. The molecule has 1 saturated carbocycles. The number of aromatic amines is 1. The van der Waals surface area contributed by atoms with Gasteiger partial charge >= 0.3 is 18.2 Å². The third-order valence-corrected chi connectivity index (χ3v) is 4.59. The highest BCUT2D eigenvalue weighted by Crippen LogP contribution is 2.32. The maximum atomic E-state index is 12.1. The summed E-state index contributed by atoms with van der Waals surface area (Å²) in [7, 11) is 3.61. The van der Waals surface area contributed by atoms with E-state index in [1.165, 1.54) is 40.6 Å². The van der Waals surface area contributed by atoms with Crippen LogP contribution < -0.4 is 10.6 Å². The fraction of sp³-hybridized carbons (Fsp3) is 0.556. The van der Waals surface area contributed by atoms with Crippen molar-refractivity contribution < 1.29 is 28.6 Å². The molecule has 1 fully saturated rings. The van der Waals surface area contributed by atoms with Crippen molar-refractivity contribution in [2.45, 2.75) is 38.5 Å². The maximum absolute atomic E-state index is 12.1. The Morgan fingerprint density at radius 1 is 1.04 bits per heavy atom. The number of ether oxygens (including phenoxy) is 3. The number of carbonyl (C=O) groups excluding carboxylic acids is 3. The number of nitrogens with zero attached hydrogens (tertiary/aromatic N) is 1. The molecule has 0 spiro atoms. The minimum absolute atomic E-state index is 0.129. The lowest BCUT2D eigenvalue weighted by Gasteiger charge is -2.21. The summed E-state index contributed by atoms with van der Waals surface area (Å²) in [5.74, 6) is -0.355. The number of esters is 1. The molecule has 2 amide bonds. The Balaban J connectivity index is 2.39. The van der Waals surface area contributed by atoms with Crippen LogP contribution in [0.25, 0.3) is 0 Å². The molecule has 0 atom stereocenters. The molecule has 0 unspecified atom stereocenters. The maximum Gasteiger partial charge on any atom is 0.413 e. The van der Waals surface area contributed by atoms with Gasteiger partial charge in [-0.1, -0.05) is 32.1 Å². The molecule has 1 aliphatic carbocycles. The Labute approximate surface area is 163 Å². The summed E-state index contributed by atoms with van der Waals surface area (Å²) >= 11 is 0. The first-order chi connectivity index (χ1) is 13.5. The van der Waals surface area contributed by atoms with Crippen molar-refractivity contribution >= 4 is 29.8 Å². The van der Waals surface area contributed by atoms with Gasteiger partial charge in [0, 0.05) is 6.20 Å². The van der Waals surface area contributed by atoms with Crippen LogP contribution in [-0.2, 0) is 20.6 Å². The number of aromatic nitrogens is 1. The lowest BCUT2D eigenvalue weighted by atomic mass is 9.85. The summed E-state index contributed by atoms with van der Waals surface area (Å²) < 4.78 is 13.9. The van der Waals surface area contributed by atoms with E-state index in [1.54, 1.807) is 6.20 Å². The van der Waals surface area contributed by atoms with Gasteiger partial charge in [-0.2, -0.15) is 0 Å².